The lowest BCUT2D eigenvalue weighted by molar-refractivity contribution is -0.120. The lowest BCUT2D eigenvalue weighted by Gasteiger charge is -2.29. The molecule has 1 saturated carbocycles. The molecule has 0 aromatic heterocycles. The molecule has 1 amide bonds. The van der Waals surface area contributed by atoms with Gasteiger partial charge in [-0.3, -0.25) is 4.79 Å². The average molecular weight is 350 g/mol. The lowest BCUT2D eigenvalue weighted by Crippen LogP contribution is -2.33. The van der Waals surface area contributed by atoms with Gasteiger partial charge in [0.2, 0.25) is 15.9 Å². The van der Waals surface area contributed by atoms with Crippen LogP contribution in [0.15, 0.2) is 18.2 Å². The summed E-state index contributed by atoms with van der Waals surface area (Å²) in [6.45, 7) is 4.72. The van der Waals surface area contributed by atoms with Gasteiger partial charge in [-0.25, -0.2) is 13.1 Å². The van der Waals surface area contributed by atoms with E-state index in [1.165, 1.54) is 11.8 Å². The Kier molecular flexibility index (Phi) is 4.71. The number of sulfonamides is 1. The normalized spacial score (nSPS) is 25.9. The number of benzene rings is 1. The van der Waals surface area contributed by atoms with Crippen LogP contribution < -0.4 is 9.62 Å². The van der Waals surface area contributed by atoms with Gasteiger partial charge in [0.25, 0.3) is 0 Å². The van der Waals surface area contributed by atoms with Crippen LogP contribution in [0.5, 0.6) is 0 Å². The number of anilines is 1. The predicted molar refractivity (Wildman–Crippen MR) is 95.4 cm³/mol. The topological polar surface area (TPSA) is 66.5 Å². The number of hydrogen-bond donors (Lipinski definition) is 1. The van der Waals surface area contributed by atoms with Gasteiger partial charge in [-0.15, -0.1) is 0 Å². The van der Waals surface area contributed by atoms with Gasteiger partial charge in [-0.05, 0) is 61.8 Å². The molecule has 0 aliphatic heterocycles. The Morgan fingerprint density at radius 3 is 2.67 bits per heavy atom. The Bertz CT molecular complexity index is 745. The summed E-state index contributed by atoms with van der Waals surface area (Å²) in [5, 5.41) is 0. The van der Waals surface area contributed by atoms with Crippen LogP contribution in [0.1, 0.15) is 50.3 Å². The van der Waals surface area contributed by atoms with E-state index < -0.39 is 10.0 Å². The van der Waals surface area contributed by atoms with Gasteiger partial charge in [0.1, 0.15) is 0 Å². The fraction of sp³-hybridized carbons (Fsp3) is 0.611. The monoisotopic (exact) mass is 350 g/mol. The molecule has 0 bridgehead atoms. The third-order valence-electron chi connectivity index (χ3n) is 5.12. The fourth-order valence-electron chi connectivity index (χ4n) is 3.67. The molecule has 1 fully saturated rings. The zero-order valence-electron chi connectivity index (χ0n) is 14.6. The molecule has 24 heavy (non-hydrogen) atoms. The van der Waals surface area contributed by atoms with Crippen LogP contribution in [0.3, 0.4) is 0 Å². The van der Waals surface area contributed by atoms with E-state index in [0.717, 1.165) is 36.9 Å². The second-order valence-electron chi connectivity index (χ2n) is 7.12. The van der Waals surface area contributed by atoms with Crippen molar-refractivity contribution in [3.05, 3.63) is 29.3 Å². The summed E-state index contributed by atoms with van der Waals surface area (Å²) < 4.78 is 26.0. The SMILES string of the molecule is CCN(C(=O)[C@H]1C[C@@H]1C)c1ccc2c(c1)[C@H](NS(C)(=O)=O)CCC2. The Balaban J connectivity index is 1.90. The molecule has 0 spiro atoms. The maximum atomic E-state index is 12.6. The molecule has 0 heterocycles. The van der Waals surface area contributed by atoms with Crippen LogP contribution in [0.2, 0.25) is 0 Å². The fourth-order valence-corrected chi connectivity index (χ4v) is 4.43. The Hall–Kier alpha value is -1.40. The van der Waals surface area contributed by atoms with Crippen molar-refractivity contribution >= 4 is 21.6 Å². The molecule has 6 heteroatoms. The first kappa shape index (κ1) is 17.4. The smallest absolute Gasteiger partial charge is 0.230 e. The van der Waals surface area contributed by atoms with Crippen molar-refractivity contribution in [1.82, 2.24) is 4.72 Å². The number of carbonyl (C=O) groups is 1. The Labute approximate surface area is 144 Å². The molecule has 1 aromatic rings. The van der Waals surface area contributed by atoms with Crippen LogP contribution in [0, 0.1) is 11.8 Å². The first-order valence-corrected chi connectivity index (χ1v) is 10.6. The van der Waals surface area contributed by atoms with Crippen LogP contribution >= 0.6 is 0 Å². The maximum Gasteiger partial charge on any atom is 0.230 e. The quantitative estimate of drug-likeness (QED) is 0.888. The molecule has 3 rings (SSSR count). The molecule has 3 atom stereocenters. The lowest BCUT2D eigenvalue weighted by atomic mass is 9.87. The van der Waals surface area contributed by atoms with E-state index in [4.69, 9.17) is 0 Å². The van der Waals surface area contributed by atoms with Gasteiger partial charge in [-0.1, -0.05) is 13.0 Å². The van der Waals surface area contributed by atoms with Crippen molar-refractivity contribution in [2.24, 2.45) is 11.8 Å². The zero-order chi connectivity index (χ0) is 17.5. The number of aryl methyl sites for hydroxylation is 1. The largest absolute Gasteiger partial charge is 0.312 e. The molecule has 1 N–H and O–H groups in total. The van der Waals surface area contributed by atoms with Crippen LogP contribution in [-0.4, -0.2) is 27.1 Å². The number of amides is 1. The van der Waals surface area contributed by atoms with Gasteiger partial charge in [0, 0.05) is 24.2 Å². The summed E-state index contributed by atoms with van der Waals surface area (Å²) in [5.41, 5.74) is 3.07. The van der Waals surface area contributed by atoms with Gasteiger partial charge < -0.3 is 4.90 Å². The summed E-state index contributed by atoms with van der Waals surface area (Å²) in [6, 6.07) is 5.85. The van der Waals surface area contributed by atoms with E-state index >= 15 is 0 Å². The minimum atomic E-state index is -3.26. The molecule has 2 aliphatic rings. The third kappa shape index (κ3) is 3.64. The van der Waals surface area contributed by atoms with Gasteiger partial charge in [-0.2, -0.15) is 0 Å². The average Bonchev–Trinajstić information content (AvgIpc) is 3.24. The van der Waals surface area contributed by atoms with Crippen molar-refractivity contribution < 1.29 is 13.2 Å². The highest BCUT2D eigenvalue weighted by Gasteiger charge is 2.41. The summed E-state index contributed by atoms with van der Waals surface area (Å²) in [5.74, 6) is 0.808. The third-order valence-corrected chi connectivity index (χ3v) is 5.83. The number of hydrogen-bond acceptors (Lipinski definition) is 3. The second-order valence-corrected chi connectivity index (χ2v) is 8.90. The molecule has 2 aliphatic carbocycles. The highest BCUT2D eigenvalue weighted by molar-refractivity contribution is 7.88. The molecule has 0 radical (unpaired) electrons. The molecular weight excluding hydrogens is 324 g/mol. The van der Waals surface area contributed by atoms with Crippen molar-refractivity contribution in [2.45, 2.75) is 45.6 Å². The number of fused-ring (bicyclic) bond motifs is 1. The van der Waals surface area contributed by atoms with Gasteiger partial charge >= 0.3 is 0 Å². The van der Waals surface area contributed by atoms with Crippen molar-refractivity contribution in [3.8, 4) is 0 Å². The minimum absolute atomic E-state index is 0.144. The Morgan fingerprint density at radius 2 is 2.08 bits per heavy atom. The summed E-state index contributed by atoms with van der Waals surface area (Å²) in [7, 11) is -3.26. The molecular formula is C18H26N2O3S. The van der Waals surface area contributed by atoms with E-state index in [2.05, 4.69) is 11.6 Å². The molecule has 0 unspecified atom stereocenters. The maximum absolute atomic E-state index is 12.6. The zero-order valence-corrected chi connectivity index (χ0v) is 15.4. The number of nitrogens with zero attached hydrogens (tertiary/aromatic N) is 1. The van der Waals surface area contributed by atoms with Crippen LogP contribution in [0.25, 0.3) is 0 Å². The van der Waals surface area contributed by atoms with E-state index in [-0.39, 0.29) is 17.9 Å². The first-order valence-electron chi connectivity index (χ1n) is 8.71. The molecule has 1 aromatic carbocycles. The van der Waals surface area contributed by atoms with E-state index in [9.17, 15) is 13.2 Å². The molecule has 0 saturated heterocycles. The summed E-state index contributed by atoms with van der Waals surface area (Å²) in [6.07, 6.45) is 4.89. The number of rotatable bonds is 5. The van der Waals surface area contributed by atoms with Crippen LogP contribution in [0.4, 0.5) is 5.69 Å². The molecule has 132 valence electrons. The van der Waals surface area contributed by atoms with Crippen molar-refractivity contribution in [2.75, 3.05) is 17.7 Å². The summed E-state index contributed by atoms with van der Waals surface area (Å²) in [4.78, 5) is 14.5. The number of carbonyl (C=O) groups excluding carboxylic acids is 1. The minimum Gasteiger partial charge on any atom is -0.312 e. The van der Waals surface area contributed by atoms with Gasteiger partial charge in [0.15, 0.2) is 0 Å². The first-order chi connectivity index (χ1) is 11.3. The highest BCUT2D eigenvalue weighted by Crippen LogP contribution is 2.40. The standard InChI is InChI=1S/C18H26N2O3S/c1-4-20(18(21)15-10-12(15)2)14-9-8-13-6-5-7-17(16(13)11-14)19-24(3,22)23/h8-9,11-12,15,17,19H,4-7,10H2,1-3H3/t12-,15-,17+/m0/s1. The van der Waals surface area contributed by atoms with Crippen molar-refractivity contribution in [3.63, 3.8) is 0 Å². The number of nitrogens with one attached hydrogen (secondary N) is 1. The van der Waals surface area contributed by atoms with Crippen molar-refractivity contribution in [1.29, 1.82) is 0 Å². The highest BCUT2D eigenvalue weighted by atomic mass is 32.2. The summed E-state index contributed by atoms with van der Waals surface area (Å²) >= 11 is 0. The Morgan fingerprint density at radius 1 is 1.38 bits per heavy atom. The molecule has 5 nitrogen and oxygen atoms in total. The van der Waals surface area contributed by atoms with Crippen LogP contribution in [-0.2, 0) is 21.2 Å². The van der Waals surface area contributed by atoms with E-state index in [0.29, 0.717) is 12.5 Å². The second kappa shape index (κ2) is 6.48. The van der Waals surface area contributed by atoms with Gasteiger partial charge in [0.05, 0.1) is 6.26 Å². The van der Waals surface area contributed by atoms with E-state index in [1.807, 2.05) is 30.0 Å². The van der Waals surface area contributed by atoms with E-state index in [1.54, 1.807) is 0 Å². The predicted octanol–water partition coefficient (Wildman–Crippen LogP) is 2.62.